The summed E-state index contributed by atoms with van der Waals surface area (Å²) in [5.74, 6) is -0.220. The van der Waals surface area contributed by atoms with Gasteiger partial charge < -0.3 is 10.5 Å². The Morgan fingerprint density at radius 1 is 1.22 bits per heavy atom. The third-order valence-corrected chi connectivity index (χ3v) is 4.10. The van der Waals surface area contributed by atoms with Crippen LogP contribution in [0.3, 0.4) is 0 Å². The molecule has 1 atom stereocenters. The Labute approximate surface area is 108 Å². The van der Waals surface area contributed by atoms with Crippen molar-refractivity contribution < 1.29 is 9.13 Å². The zero-order valence-corrected chi connectivity index (χ0v) is 11.2. The van der Waals surface area contributed by atoms with Gasteiger partial charge in [-0.1, -0.05) is 25.3 Å². The Morgan fingerprint density at radius 2 is 1.89 bits per heavy atom. The number of nitrogens with two attached hydrogens (primary N) is 1. The highest BCUT2D eigenvalue weighted by atomic mass is 19.1. The van der Waals surface area contributed by atoms with E-state index in [1.54, 1.807) is 7.11 Å². The zero-order valence-electron chi connectivity index (χ0n) is 11.2. The van der Waals surface area contributed by atoms with Gasteiger partial charge in [-0.15, -0.1) is 0 Å². The molecule has 100 valence electrons. The summed E-state index contributed by atoms with van der Waals surface area (Å²) in [5.41, 5.74) is 7.79. The lowest BCUT2D eigenvalue weighted by molar-refractivity contribution is -0.0595. The molecule has 0 aromatic heterocycles. The second kappa shape index (κ2) is 5.37. The third-order valence-electron chi connectivity index (χ3n) is 4.10. The smallest absolute Gasteiger partial charge is 0.123 e. The van der Waals surface area contributed by atoms with Crippen LogP contribution in [-0.2, 0) is 4.74 Å². The van der Waals surface area contributed by atoms with Crippen molar-refractivity contribution in [2.24, 2.45) is 5.73 Å². The lowest BCUT2D eigenvalue weighted by Crippen LogP contribution is -2.44. The maximum atomic E-state index is 13.5. The van der Waals surface area contributed by atoms with Crippen LogP contribution in [0, 0.1) is 12.7 Å². The molecule has 2 rings (SSSR count). The second-order valence-electron chi connectivity index (χ2n) is 5.37. The van der Waals surface area contributed by atoms with Gasteiger partial charge >= 0.3 is 0 Å². The SMILES string of the molecule is COC1(C(N)c2cc(C)cc(F)c2)CCCCC1. The molecule has 1 unspecified atom stereocenters. The first-order valence-corrected chi connectivity index (χ1v) is 6.65. The van der Waals surface area contributed by atoms with Crippen molar-refractivity contribution in [1.82, 2.24) is 0 Å². The van der Waals surface area contributed by atoms with E-state index >= 15 is 0 Å². The summed E-state index contributed by atoms with van der Waals surface area (Å²) in [6, 6.07) is 4.77. The summed E-state index contributed by atoms with van der Waals surface area (Å²) < 4.78 is 19.2. The molecule has 1 aliphatic rings. The summed E-state index contributed by atoms with van der Waals surface area (Å²) >= 11 is 0. The molecule has 0 spiro atoms. The fraction of sp³-hybridized carbons (Fsp3) is 0.600. The molecule has 0 heterocycles. The highest BCUT2D eigenvalue weighted by Gasteiger charge is 2.38. The van der Waals surface area contributed by atoms with Crippen molar-refractivity contribution in [1.29, 1.82) is 0 Å². The summed E-state index contributed by atoms with van der Waals surface area (Å²) in [4.78, 5) is 0. The van der Waals surface area contributed by atoms with Crippen molar-refractivity contribution in [2.45, 2.75) is 50.7 Å². The Balaban J connectivity index is 2.30. The number of ether oxygens (including phenoxy) is 1. The number of benzene rings is 1. The standard InChI is InChI=1S/C15H22FNO/c1-11-8-12(10-13(16)9-11)14(17)15(18-2)6-4-3-5-7-15/h8-10,14H,3-7,17H2,1-2H3. The normalized spacial score (nSPS) is 20.7. The van der Waals surface area contributed by atoms with Gasteiger partial charge in [-0.25, -0.2) is 4.39 Å². The molecule has 1 aromatic carbocycles. The van der Waals surface area contributed by atoms with Gasteiger partial charge in [-0.3, -0.25) is 0 Å². The van der Waals surface area contributed by atoms with Crippen molar-refractivity contribution >= 4 is 0 Å². The summed E-state index contributed by atoms with van der Waals surface area (Å²) in [7, 11) is 1.72. The first kappa shape index (κ1) is 13.5. The van der Waals surface area contributed by atoms with E-state index in [-0.39, 0.29) is 17.5 Å². The fourth-order valence-electron chi connectivity index (χ4n) is 3.04. The van der Waals surface area contributed by atoms with E-state index < -0.39 is 0 Å². The van der Waals surface area contributed by atoms with Gasteiger partial charge in [0.25, 0.3) is 0 Å². The van der Waals surface area contributed by atoms with Crippen molar-refractivity contribution in [3.05, 3.63) is 35.1 Å². The molecular weight excluding hydrogens is 229 g/mol. The Hall–Kier alpha value is -0.930. The number of aryl methyl sites for hydroxylation is 1. The minimum atomic E-state index is -0.321. The fourth-order valence-corrected chi connectivity index (χ4v) is 3.04. The number of rotatable bonds is 3. The third kappa shape index (κ3) is 2.57. The molecule has 2 N–H and O–H groups in total. The quantitative estimate of drug-likeness (QED) is 0.892. The van der Waals surface area contributed by atoms with E-state index in [1.807, 2.05) is 13.0 Å². The molecule has 2 nitrogen and oxygen atoms in total. The van der Waals surface area contributed by atoms with Crippen LogP contribution in [0.4, 0.5) is 4.39 Å². The maximum absolute atomic E-state index is 13.5. The van der Waals surface area contributed by atoms with Gasteiger partial charge in [0.05, 0.1) is 11.6 Å². The second-order valence-corrected chi connectivity index (χ2v) is 5.37. The van der Waals surface area contributed by atoms with Gasteiger partial charge in [0.15, 0.2) is 0 Å². The Morgan fingerprint density at radius 3 is 2.44 bits per heavy atom. The summed E-state index contributed by atoms with van der Waals surface area (Å²) in [6.07, 6.45) is 5.42. The predicted molar refractivity (Wildman–Crippen MR) is 70.9 cm³/mol. The average molecular weight is 251 g/mol. The van der Waals surface area contributed by atoms with Gasteiger partial charge in [0, 0.05) is 7.11 Å². The largest absolute Gasteiger partial charge is 0.376 e. The lowest BCUT2D eigenvalue weighted by Gasteiger charge is -2.41. The molecule has 1 aromatic rings. The van der Waals surface area contributed by atoms with Gasteiger partial charge in [-0.05, 0) is 43.0 Å². The molecule has 0 aliphatic heterocycles. The molecule has 0 radical (unpaired) electrons. The highest BCUT2D eigenvalue weighted by molar-refractivity contribution is 5.28. The Kier molecular flexibility index (Phi) is 4.03. The van der Waals surface area contributed by atoms with Crippen molar-refractivity contribution in [2.75, 3.05) is 7.11 Å². The van der Waals surface area contributed by atoms with Crippen LogP contribution in [-0.4, -0.2) is 12.7 Å². The van der Waals surface area contributed by atoms with Crippen molar-refractivity contribution in [3.63, 3.8) is 0 Å². The minimum absolute atomic E-state index is 0.220. The highest BCUT2D eigenvalue weighted by Crippen LogP contribution is 2.40. The molecule has 1 saturated carbocycles. The maximum Gasteiger partial charge on any atom is 0.123 e. The molecule has 0 saturated heterocycles. The van der Waals surface area contributed by atoms with Crippen LogP contribution in [0.15, 0.2) is 18.2 Å². The van der Waals surface area contributed by atoms with Crippen molar-refractivity contribution in [3.8, 4) is 0 Å². The van der Waals surface area contributed by atoms with Crippen LogP contribution in [0.2, 0.25) is 0 Å². The lowest BCUT2D eigenvalue weighted by atomic mass is 9.77. The number of halogens is 1. The van der Waals surface area contributed by atoms with E-state index in [1.165, 1.54) is 18.6 Å². The molecular formula is C15H22FNO. The van der Waals surface area contributed by atoms with E-state index in [0.717, 1.165) is 36.8 Å². The van der Waals surface area contributed by atoms with Crippen LogP contribution < -0.4 is 5.73 Å². The van der Waals surface area contributed by atoms with E-state index in [2.05, 4.69) is 0 Å². The first-order chi connectivity index (χ1) is 8.57. The predicted octanol–water partition coefficient (Wildman–Crippen LogP) is 3.48. The molecule has 0 amide bonds. The van der Waals surface area contributed by atoms with Gasteiger partial charge in [-0.2, -0.15) is 0 Å². The molecule has 1 fully saturated rings. The van der Waals surface area contributed by atoms with Crippen LogP contribution in [0.25, 0.3) is 0 Å². The van der Waals surface area contributed by atoms with Crippen LogP contribution in [0.1, 0.15) is 49.3 Å². The molecule has 1 aliphatic carbocycles. The monoisotopic (exact) mass is 251 g/mol. The number of methoxy groups -OCH3 is 1. The van der Waals surface area contributed by atoms with E-state index in [0.29, 0.717) is 0 Å². The number of hydrogen-bond acceptors (Lipinski definition) is 2. The first-order valence-electron chi connectivity index (χ1n) is 6.65. The minimum Gasteiger partial charge on any atom is -0.376 e. The van der Waals surface area contributed by atoms with Crippen LogP contribution in [0.5, 0.6) is 0 Å². The Bertz CT molecular complexity index is 393. The van der Waals surface area contributed by atoms with E-state index in [9.17, 15) is 4.39 Å². The topological polar surface area (TPSA) is 35.2 Å². The molecule has 0 bridgehead atoms. The zero-order chi connectivity index (χ0) is 13.2. The molecule has 3 heteroatoms. The summed E-state index contributed by atoms with van der Waals surface area (Å²) in [6.45, 7) is 1.89. The number of hydrogen-bond donors (Lipinski definition) is 1. The van der Waals surface area contributed by atoms with Gasteiger partial charge in [0.2, 0.25) is 0 Å². The summed E-state index contributed by atoms with van der Waals surface area (Å²) in [5, 5.41) is 0. The van der Waals surface area contributed by atoms with Crippen LogP contribution >= 0.6 is 0 Å². The average Bonchev–Trinajstić information content (AvgIpc) is 2.37. The van der Waals surface area contributed by atoms with E-state index in [4.69, 9.17) is 10.5 Å². The van der Waals surface area contributed by atoms with Gasteiger partial charge in [0.1, 0.15) is 5.82 Å². The molecule has 18 heavy (non-hydrogen) atoms.